The minimum Gasteiger partial charge on any atom is -0.398 e. The minimum atomic E-state index is -4.37. The molecular formula is C13H10BrF3N2S. The van der Waals surface area contributed by atoms with Crippen LogP contribution in [0.4, 0.5) is 18.9 Å². The summed E-state index contributed by atoms with van der Waals surface area (Å²) in [6.07, 6.45) is -0.996. The lowest BCUT2D eigenvalue weighted by atomic mass is 10.2. The lowest BCUT2D eigenvalue weighted by molar-refractivity contribution is -0.137. The number of nitrogens with zero attached hydrogens (tertiary/aromatic N) is 1. The van der Waals surface area contributed by atoms with Gasteiger partial charge in [-0.2, -0.15) is 13.2 Å². The molecule has 20 heavy (non-hydrogen) atoms. The molecule has 1 heterocycles. The zero-order valence-electron chi connectivity index (χ0n) is 10.1. The van der Waals surface area contributed by atoms with Gasteiger partial charge in [-0.25, -0.2) is 0 Å². The van der Waals surface area contributed by atoms with Gasteiger partial charge in [0.15, 0.2) is 0 Å². The summed E-state index contributed by atoms with van der Waals surface area (Å²) in [4.78, 5) is 4.65. The number of hydrogen-bond donors (Lipinski definition) is 1. The maximum Gasteiger partial charge on any atom is 0.416 e. The summed E-state index contributed by atoms with van der Waals surface area (Å²) >= 11 is 4.69. The Bertz CT molecular complexity index is 617. The monoisotopic (exact) mass is 362 g/mol. The van der Waals surface area contributed by atoms with Crippen LogP contribution in [0.5, 0.6) is 0 Å². The molecule has 0 amide bonds. The first-order valence-corrected chi connectivity index (χ1v) is 7.33. The third-order valence-corrected chi connectivity index (χ3v) is 4.09. The first-order valence-electron chi connectivity index (χ1n) is 5.55. The second-order valence-corrected chi connectivity index (χ2v) is 5.98. The van der Waals surface area contributed by atoms with Gasteiger partial charge in [-0.15, -0.1) is 11.8 Å². The van der Waals surface area contributed by atoms with E-state index in [1.807, 2.05) is 6.07 Å². The van der Waals surface area contributed by atoms with Crippen molar-refractivity contribution in [3.05, 3.63) is 52.3 Å². The molecule has 0 aliphatic heterocycles. The van der Waals surface area contributed by atoms with Crippen molar-refractivity contribution in [2.24, 2.45) is 0 Å². The van der Waals surface area contributed by atoms with Crippen LogP contribution in [0.15, 0.2) is 46.0 Å². The molecule has 0 fully saturated rings. The molecule has 7 heteroatoms. The highest BCUT2D eigenvalue weighted by molar-refractivity contribution is 9.10. The number of hydrogen-bond acceptors (Lipinski definition) is 3. The Morgan fingerprint density at radius 2 is 1.95 bits per heavy atom. The Labute approximate surface area is 126 Å². The smallest absolute Gasteiger partial charge is 0.398 e. The average Bonchev–Trinajstić information content (AvgIpc) is 2.36. The molecule has 2 rings (SSSR count). The zero-order chi connectivity index (χ0) is 14.8. The first kappa shape index (κ1) is 15.2. The van der Waals surface area contributed by atoms with Gasteiger partial charge in [-0.05, 0) is 45.8 Å². The van der Waals surface area contributed by atoms with Gasteiger partial charge in [-0.1, -0.05) is 0 Å². The van der Waals surface area contributed by atoms with E-state index in [2.05, 4.69) is 20.9 Å². The highest BCUT2D eigenvalue weighted by Crippen LogP contribution is 2.35. The van der Waals surface area contributed by atoms with E-state index in [0.717, 1.165) is 22.2 Å². The number of nitrogen functional groups attached to an aromatic ring is 1. The van der Waals surface area contributed by atoms with Gasteiger partial charge in [0.2, 0.25) is 0 Å². The fraction of sp³-hybridized carbons (Fsp3) is 0.154. The van der Waals surface area contributed by atoms with Crippen LogP contribution in [0.1, 0.15) is 11.1 Å². The van der Waals surface area contributed by atoms with Crippen molar-refractivity contribution in [2.45, 2.75) is 16.8 Å². The van der Waals surface area contributed by atoms with Crippen molar-refractivity contribution in [3.63, 3.8) is 0 Å². The Morgan fingerprint density at radius 3 is 2.55 bits per heavy atom. The molecule has 106 valence electrons. The van der Waals surface area contributed by atoms with Crippen LogP contribution in [0.3, 0.4) is 0 Å². The molecule has 2 aromatic rings. The average molecular weight is 363 g/mol. The highest BCUT2D eigenvalue weighted by Gasteiger charge is 2.30. The van der Waals surface area contributed by atoms with E-state index in [1.165, 1.54) is 17.8 Å². The summed E-state index contributed by atoms with van der Waals surface area (Å²) in [6.45, 7) is 0. The number of thioether (sulfide) groups is 1. The summed E-state index contributed by atoms with van der Waals surface area (Å²) in [7, 11) is 0. The molecule has 0 aliphatic carbocycles. The van der Waals surface area contributed by atoms with Crippen molar-refractivity contribution in [1.82, 2.24) is 4.98 Å². The third-order valence-electron chi connectivity index (χ3n) is 2.49. The van der Waals surface area contributed by atoms with Crippen LogP contribution in [-0.2, 0) is 11.9 Å². The molecule has 0 aliphatic rings. The zero-order valence-corrected chi connectivity index (χ0v) is 12.5. The van der Waals surface area contributed by atoms with Crippen molar-refractivity contribution in [3.8, 4) is 0 Å². The molecule has 2 N–H and O–H groups in total. The van der Waals surface area contributed by atoms with Gasteiger partial charge in [0.05, 0.1) is 5.56 Å². The van der Waals surface area contributed by atoms with E-state index in [1.54, 1.807) is 12.4 Å². The quantitative estimate of drug-likeness (QED) is 0.633. The Morgan fingerprint density at radius 1 is 1.20 bits per heavy atom. The van der Waals surface area contributed by atoms with E-state index in [9.17, 15) is 13.2 Å². The lowest BCUT2D eigenvalue weighted by Gasteiger charge is -2.10. The van der Waals surface area contributed by atoms with Crippen LogP contribution in [-0.4, -0.2) is 4.98 Å². The molecule has 0 atom stereocenters. The third kappa shape index (κ3) is 3.89. The van der Waals surface area contributed by atoms with Crippen LogP contribution in [0.25, 0.3) is 0 Å². The molecule has 0 unspecified atom stereocenters. The number of benzene rings is 1. The maximum absolute atomic E-state index is 12.5. The van der Waals surface area contributed by atoms with E-state index >= 15 is 0 Å². The maximum atomic E-state index is 12.5. The summed E-state index contributed by atoms with van der Waals surface area (Å²) in [5.41, 5.74) is 6.03. The summed E-state index contributed by atoms with van der Waals surface area (Å²) in [5, 5.41) is 0. The molecule has 0 saturated heterocycles. The molecule has 2 nitrogen and oxygen atoms in total. The number of aromatic nitrogens is 1. The summed E-state index contributed by atoms with van der Waals surface area (Å²) in [6, 6.07) is 5.30. The molecule has 1 aromatic heterocycles. The van der Waals surface area contributed by atoms with Crippen molar-refractivity contribution in [2.75, 3.05) is 5.73 Å². The van der Waals surface area contributed by atoms with Gasteiger partial charge in [0, 0.05) is 33.2 Å². The molecule has 0 bridgehead atoms. The van der Waals surface area contributed by atoms with Gasteiger partial charge < -0.3 is 5.73 Å². The SMILES string of the molecule is Nc1cc(C(F)(F)F)ccc1SCc1cncc(Br)c1. The van der Waals surface area contributed by atoms with Gasteiger partial charge in [0.1, 0.15) is 0 Å². The van der Waals surface area contributed by atoms with Crippen LogP contribution < -0.4 is 5.73 Å². The normalized spacial score (nSPS) is 11.6. The second kappa shape index (κ2) is 6.05. The topological polar surface area (TPSA) is 38.9 Å². The van der Waals surface area contributed by atoms with Crippen molar-refractivity contribution >= 4 is 33.4 Å². The fourth-order valence-electron chi connectivity index (χ4n) is 1.55. The number of halogens is 4. The first-order chi connectivity index (χ1) is 9.36. The number of anilines is 1. The van der Waals surface area contributed by atoms with Gasteiger partial charge in [-0.3, -0.25) is 4.98 Å². The van der Waals surface area contributed by atoms with E-state index < -0.39 is 11.7 Å². The highest BCUT2D eigenvalue weighted by atomic mass is 79.9. The van der Waals surface area contributed by atoms with Crippen molar-refractivity contribution < 1.29 is 13.2 Å². The predicted molar refractivity (Wildman–Crippen MR) is 77.4 cm³/mol. The second-order valence-electron chi connectivity index (χ2n) is 4.05. The van der Waals surface area contributed by atoms with Crippen LogP contribution in [0, 0.1) is 0 Å². The number of nitrogens with two attached hydrogens (primary N) is 1. The largest absolute Gasteiger partial charge is 0.416 e. The predicted octanol–water partition coefficient (Wildman–Crippen LogP) is 4.74. The molecule has 1 aromatic carbocycles. The summed E-state index contributed by atoms with van der Waals surface area (Å²) < 4.78 is 38.4. The van der Waals surface area contributed by atoms with Gasteiger partial charge in [0.25, 0.3) is 0 Å². The number of rotatable bonds is 3. The van der Waals surface area contributed by atoms with E-state index in [-0.39, 0.29) is 5.69 Å². The Hall–Kier alpha value is -1.21. The molecule has 0 radical (unpaired) electrons. The Balaban J connectivity index is 2.11. The summed E-state index contributed by atoms with van der Waals surface area (Å²) in [5.74, 6) is 0.585. The lowest BCUT2D eigenvalue weighted by Crippen LogP contribution is -2.05. The Kier molecular flexibility index (Phi) is 4.59. The number of pyridine rings is 1. The van der Waals surface area contributed by atoms with Crippen LogP contribution in [0.2, 0.25) is 0 Å². The van der Waals surface area contributed by atoms with E-state index in [0.29, 0.717) is 10.6 Å². The van der Waals surface area contributed by atoms with Crippen molar-refractivity contribution in [1.29, 1.82) is 0 Å². The van der Waals surface area contributed by atoms with Gasteiger partial charge >= 0.3 is 6.18 Å². The van der Waals surface area contributed by atoms with E-state index in [4.69, 9.17) is 5.73 Å². The van der Waals surface area contributed by atoms with Crippen LogP contribution >= 0.6 is 27.7 Å². The fourth-order valence-corrected chi connectivity index (χ4v) is 2.83. The molecular weight excluding hydrogens is 353 g/mol. The molecule has 0 spiro atoms. The minimum absolute atomic E-state index is 0.132. The standard InChI is InChI=1S/C13H10BrF3N2S/c14-10-3-8(5-19-6-10)7-20-12-2-1-9(4-11(12)18)13(15,16)17/h1-6H,7,18H2. The molecule has 0 saturated carbocycles. The number of alkyl halides is 3.